The Kier molecular flexibility index (Phi) is 3.86. The molecule has 0 bridgehead atoms. The van der Waals surface area contributed by atoms with Crippen molar-refractivity contribution in [3.8, 4) is 0 Å². The second kappa shape index (κ2) is 4.95. The molecule has 3 atom stereocenters. The summed E-state index contributed by atoms with van der Waals surface area (Å²) < 4.78 is 6.49. The summed E-state index contributed by atoms with van der Waals surface area (Å²) in [5.74, 6) is 1.31. The van der Waals surface area contributed by atoms with E-state index in [1.165, 1.54) is 12.8 Å². The van der Waals surface area contributed by atoms with E-state index < -0.39 is 8.48 Å². The van der Waals surface area contributed by atoms with Crippen molar-refractivity contribution < 1.29 is 4.43 Å². The second-order valence-electron chi connectivity index (χ2n) is 7.13. The van der Waals surface area contributed by atoms with E-state index in [-0.39, 0.29) is 5.54 Å². The fourth-order valence-electron chi connectivity index (χ4n) is 3.36. The zero-order valence-electron chi connectivity index (χ0n) is 12.4. The SMILES string of the molecule is CC(C)(C)N[Si](C)(C)OC1CCC2C=CC=CC21. The number of hydrogen-bond acceptors (Lipinski definition) is 2. The van der Waals surface area contributed by atoms with E-state index in [1.807, 2.05) is 0 Å². The van der Waals surface area contributed by atoms with Crippen molar-refractivity contribution in [1.82, 2.24) is 4.98 Å². The van der Waals surface area contributed by atoms with E-state index in [9.17, 15) is 0 Å². The highest BCUT2D eigenvalue weighted by molar-refractivity contribution is 6.68. The van der Waals surface area contributed by atoms with Crippen LogP contribution in [0.2, 0.25) is 13.1 Å². The van der Waals surface area contributed by atoms with Crippen molar-refractivity contribution in [1.29, 1.82) is 0 Å². The van der Waals surface area contributed by atoms with Gasteiger partial charge >= 0.3 is 0 Å². The predicted molar refractivity (Wildman–Crippen MR) is 79.7 cm³/mol. The van der Waals surface area contributed by atoms with Crippen LogP contribution < -0.4 is 4.98 Å². The molecule has 2 nitrogen and oxygen atoms in total. The summed E-state index contributed by atoms with van der Waals surface area (Å²) in [5, 5.41) is 0. The molecule has 1 fully saturated rings. The van der Waals surface area contributed by atoms with Crippen LogP contribution in [-0.4, -0.2) is 20.1 Å². The lowest BCUT2D eigenvalue weighted by atomic mass is 9.91. The van der Waals surface area contributed by atoms with Gasteiger partial charge in [0.25, 0.3) is 8.48 Å². The van der Waals surface area contributed by atoms with Gasteiger partial charge in [0.05, 0.1) is 6.10 Å². The highest BCUT2D eigenvalue weighted by atomic mass is 28.4. The summed E-state index contributed by atoms with van der Waals surface area (Å²) >= 11 is 0. The molecule has 0 aromatic heterocycles. The zero-order chi connectivity index (χ0) is 13.4. The van der Waals surface area contributed by atoms with Crippen LogP contribution in [0.15, 0.2) is 24.3 Å². The first kappa shape index (κ1) is 14.0. The Labute approximate surface area is 113 Å². The fourth-order valence-corrected chi connectivity index (χ4v) is 6.25. The monoisotopic (exact) mass is 265 g/mol. The fraction of sp³-hybridized carbons (Fsp3) is 0.733. The van der Waals surface area contributed by atoms with E-state index >= 15 is 0 Å². The molecule has 3 unspecified atom stereocenters. The van der Waals surface area contributed by atoms with Crippen LogP contribution in [0.5, 0.6) is 0 Å². The van der Waals surface area contributed by atoms with E-state index in [0.29, 0.717) is 17.9 Å². The van der Waals surface area contributed by atoms with E-state index in [0.717, 1.165) is 0 Å². The molecule has 102 valence electrons. The first-order valence-electron chi connectivity index (χ1n) is 7.09. The predicted octanol–water partition coefficient (Wildman–Crippen LogP) is 3.61. The van der Waals surface area contributed by atoms with Gasteiger partial charge in [-0.3, -0.25) is 0 Å². The van der Waals surface area contributed by atoms with E-state index in [1.54, 1.807) is 0 Å². The third kappa shape index (κ3) is 3.56. The molecule has 0 amide bonds. The number of nitrogens with one attached hydrogen (secondary N) is 1. The lowest BCUT2D eigenvalue weighted by molar-refractivity contribution is 0.153. The van der Waals surface area contributed by atoms with Gasteiger partial charge < -0.3 is 9.41 Å². The average molecular weight is 265 g/mol. The molecule has 0 saturated heterocycles. The Morgan fingerprint density at radius 1 is 1.11 bits per heavy atom. The molecule has 0 aliphatic heterocycles. The lowest BCUT2D eigenvalue weighted by Gasteiger charge is -2.36. The van der Waals surface area contributed by atoms with Gasteiger partial charge in [-0.2, -0.15) is 0 Å². The molecular weight excluding hydrogens is 238 g/mol. The minimum absolute atomic E-state index is 0.135. The first-order chi connectivity index (χ1) is 8.27. The molecular formula is C15H27NOSi. The Bertz CT molecular complexity index is 354. The molecule has 0 aromatic carbocycles. The minimum Gasteiger partial charge on any atom is -0.400 e. The number of fused-ring (bicyclic) bond motifs is 1. The van der Waals surface area contributed by atoms with Crippen molar-refractivity contribution in [2.75, 3.05) is 0 Å². The second-order valence-corrected chi connectivity index (χ2v) is 10.6. The van der Waals surface area contributed by atoms with Crippen molar-refractivity contribution in [3.05, 3.63) is 24.3 Å². The van der Waals surface area contributed by atoms with Gasteiger partial charge in [-0.15, -0.1) is 0 Å². The van der Waals surface area contributed by atoms with Gasteiger partial charge in [-0.1, -0.05) is 24.3 Å². The highest BCUT2D eigenvalue weighted by Crippen LogP contribution is 2.38. The summed E-state index contributed by atoms with van der Waals surface area (Å²) in [6, 6.07) is 0. The summed E-state index contributed by atoms with van der Waals surface area (Å²) in [6.07, 6.45) is 11.9. The van der Waals surface area contributed by atoms with Gasteiger partial charge in [-0.25, -0.2) is 0 Å². The van der Waals surface area contributed by atoms with Crippen LogP contribution >= 0.6 is 0 Å². The molecule has 0 aromatic rings. The van der Waals surface area contributed by atoms with Crippen LogP contribution in [-0.2, 0) is 4.43 Å². The average Bonchev–Trinajstić information content (AvgIpc) is 2.57. The molecule has 0 heterocycles. The van der Waals surface area contributed by atoms with Crippen LogP contribution in [0, 0.1) is 11.8 Å². The van der Waals surface area contributed by atoms with Crippen LogP contribution in [0.3, 0.4) is 0 Å². The van der Waals surface area contributed by atoms with Gasteiger partial charge in [0.15, 0.2) is 0 Å². The molecule has 3 heteroatoms. The Morgan fingerprint density at radius 2 is 1.78 bits per heavy atom. The maximum Gasteiger partial charge on any atom is 0.263 e. The molecule has 2 aliphatic carbocycles. The van der Waals surface area contributed by atoms with Crippen molar-refractivity contribution >= 4 is 8.48 Å². The van der Waals surface area contributed by atoms with Crippen LogP contribution in [0.25, 0.3) is 0 Å². The van der Waals surface area contributed by atoms with Gasteiger partial charge in [0.1, 0.15) is 0 Å². The van der Waals surface area contributed by atoms with Crippen molar-refractivity contribution in [3.63, 3.8) is 0 Å². The van der Waals surface area contributed by atoms with Gasteiger partial charge in [-0.05, 0) is 52.6 Å². The quantitative estimate of drug-likeness (QED) is 0.787. The van der Waals surface area contributed by atoms with Crippen molar-refractivity contribution in [2.45, 2.75) is 58.3 Å². The largest absolute Gasteiger partial charge is 0.400 e. The minimum atomic E-state index is -1.79. The van der Waals surface area contributed by atoms with Gasteiger partial charge in [0, 0.05) is 11.5 Å². The zero-order valence-corrected chi connectivity index (χ0v) is 13.4. The topological polar surface area (TPSA) is 21.3 Å². The van der Waals surface area contributed by atoms with E-state index in [4.69, 9.17) is 4.43 Å². The van der Waals surface area contributed by atoms with Crippen LogP contribution in [0.4, 0.5) is 0 Å². The molecule has 2 rings (SSSR count). The van der Waals surface area contributed by atoms with Crippen LogP contribution in [0.1, 0.15) is 33.6 Å². The number of hydrogen-bond donors (Lipinski definition) is 1. The summed E-state index contributed by atoms with van der Waals surface area (Å²) in [7, 11) is -1.79. The number of allylic oxidation sites excluding steroid dienone is 3. The summed E-state index contributed by atoms with van der Waals surface area (Å²) in [4.78, 5) is 3.69. The smallest absolute Gasteiger partial charge is 0.263 e. The highest BCUT2D eigenvalue weighted by Gasteiger charge is 2.39. The molecule has 1 N–H and O–H groups in total. The third-order valence-corrected chi connectivity index (χ3v) is 5.88. The molecule has 1 saturated carbocycles. The Balaban J connectivity index is 1.97. The Morgan fingerprint density at radius 3 is 2.44 bits per heavy atom. The standard InChI is InChI=1S/C15H27NOSi/c1-15(2,3)16-18(4,5)17-14-11-10-12-8-6-7-9-13(12)14/h6-9,12-14,16H,10-11H2,1-5H3. The summed E-state index contributed by atoms with van der Waals surface area (Å²) in [6.45, 7) is 11.2. The first-order valence-corrected chi connectivity index (χ1v) is 10.00. The molecule has 0 radical (unpaired) electrons. The normalized spacial score (nSPS) is 31.7. The lowest BCUT2D eigenvalue weighted by Crippen LogP contribution is -2.58. The molecule has 18 heavy (non-hydrogen) atoms. The molecule has 2 aliphatic rings. The Hall–Kier alpha value is -0.383. The maximum absolute atomic E-state index is 6.49. The molecule has 0 spiro atoms. The maximum atomic E-state index is 6.49. The van der Waals surface area contributed by atoms with Gasteiger partial charge in [0.2, 0.25) is 0 Å². The number of rotatable bonds is 3. The summed E-state index contributed by atoms with van der Waals surface area (Å²) in [5.41, 5.74) is 0.135. The van der Waals surface area contributed by atoms with Crippen molar-refractivity contribution in [2.24, 2.45) is 11.8 Å². The van der Waals surface area contributed by atoms with E-state index in [2.05, 4.69) is 63.2 Å². The third-order valence-electron chi connectivity index (χ3n) is 3.63.